The minimum atomic E-state index is -1.71. The van der Waals surface area contributed by atoms with Crippen LogP contribution in [0, 0.1) is 40.5 Å². The van der Waals surface area contributed by atoms with E-state index in [1.54, 1.807) is 24.8 Å². The molecule has 0 aliphatic rings. The molecule has 0 bridgehead atoms. The quantitative estimate of drug-likeness (QED) is 0.179. The lowest BCUT2D eigenvalue weighted by Crippen LogP contribution is -2.47. The SMILES string of the molecule is O=C([O-])c1cc([N+](=O)[O-])cc([N+](=O)[O-])c1.O=C([O-])c1cc([N+](=O)[O-])cc([N+](=O)[O-])c1.[NH3+]Cc1ccncc1.[NH3+]Cc1ccncc1. The number of quaternary nitrogens is 2. The Balaban J connectivity index is 0.000000319. The van der Waals surface area contributed by atoms with Gasteiger partial charge in [-0.15, -0.1) is 0 Å². The summed E-state index contributed by atoms with van der Waals surface area (Å²) in [6, 6.07) is 12.0. The molecule has 0 saturated carbocycles. The van der Waals surface area contributed by atoms with Crippen molar-refractivity contribution in [3.8, 4) is 0 Å². The molecule has 240 valence electrons. The van der Waals surface area contributed by atoms with E-state index in [2.05, 4.69) is 21.4 Å². The Hall–Kier alpha value is -6.80. The van der Waals surface area contributed by atoms with Gasteiger partial charge in [-0.3, -0.25) is 50.4 Å². The van der Waals surface area contributed by atoms with Gasteiger partial charge in [0.2, 0.25) is 0 Å². The average molecular weight is 641 g/mol. The number of aromatic nitrogens is 2. The Morgan fingerprint density at radius 2 is 0.761 bits per heavy atom. The molecule has 4 rings (SSSR count). The molecule has 0 unspecified atom stereocenters. The third kappa shape index (κ3) is 13.0. The number of hydrogen-bond donors (Lipinski definition) is 2. The summed E-state index contributed by atoms with van der Waals surface area (Å²) < 4.78 is 0. The second-order valence-electron chi connectivity index (χ2n) is 8.29. The van der Waals surface area contributed by atoms with Crippen LogP contribution in [0.1, 0.15) is 31.8 Å². The van der Waals surface area contributed by atoms with E-state index in [1.807, 2.05) is 24.3 Å². The van der Waals surface area contributed by atoms with Crippen molar-refractivity contribution < 1.29 is 51.0 Å². The lowest BCUT2D eigenvalue weighted by molar-refractivity contribution is -0.394. The minimum absolute atomic E-state index is 0.601. The molecule has 0 aliphatic heterocycles. The van der Waals surface area contributed by atoms with Crippen LogP contribution in [0.4, 0.5) is 22.7 Å². The molecule has 0 aliphatic carbocycles. The summed E-state index contributed by atoms with van der Waals surface area (Å²) in [5.41, 5.74) is 6.07. The molecule has 4 aromatic rings. The van der Waals surface area contributed by atoms with Crippen molar-refractivity contribution in [2.75, 3.05) is 0 Å². The van der Waals surface area contributed by atoms with E-state index >= 15 is 0 Å². The average Bonchev–Trinajstić information content (AvgIpc) is 3.05. The van der Waals surface area contributed by atoms with Gasteiger partial charge in [-0.25, -0.2) is 0 Å². The van der Waals surface area contributed by atoms with E-state index < -0.39 is 65.5 Å². The highest BCUT2D eigenvalue weighted by atomic mass is 16.6. The van der Waals surface area contributed by atoms with Crippen LogP contribution in [0.3, 0.4) is 0 Å². The first kappa shape index (κ1) is 37.2. The third-order valence-corrected chi connectivity index (χ3v) is 5.20. The first-order valence-electron chi connectivity index (χ1n) is 12.4. The highest BCUT2D eigenvalue weighted by Gasteiger charge is 2.17. The van der Waals surface area contributed by atoms with Crippen molar-refractivity contribution in [1.82, 2.24) is 9.97 Å². The van der Waals surface area contributed by atoms with Crippen molar-refractivity contribution in [3.63, 3.8) is 0 Å². The lowest BCUT2D eigenvalue weighted by Gasteiger charge is -2.01. The standard InChI is InChI=1S/2C7H4N2O6.2C6H8N2/c2*10-7(11)4-1-5(8(12)13)3-6(2-4)9(14)15;2*7-5-6-1-3-8-4-2-6/h2*1-3H,(H,10,11);2*1-4H,5,7H2. The van der Waals surface area contributed by atoms with Crippen molar-refractivity contribution in [2.24, 2.45) is 0 Å². The summed E-state index contributed by atoms with van der Waals surface area (Å²) in [5.74, 6) is -3.41. The maximum Gasteiger partial charge on any atom is 0.276 e. The van der Waals surface area contributed by atoms with Crippen molar-refractivity contribution in [3.05, 3.63) is 148 Å². The van der Waals surface area contributed by atoms with Gasteiger partial charge < -0.3 is 31.3 Å². The number of benzene rings is 2. The molecule has 6 N–H and O–H groups in total. The van der Waals surface area contributed by atoms with Gasteiger partial charge >= 0.3 is 0 Å². The zero-order valence-corrected chi connectivity index (χ0v) is 23.5. The molecule has 2 aromatic carbocycles. The fourth-order valence-corrected chi connectivity index (χ4v) is 2.95. The number of carbonyl (C=O) groups is 2. The Kier molecular flexibility index (Phi) is 15.1. The fraction of sp³-hybridized carbons (Fsp3) is 0.0769. The van der Waals surface area contributed by atoms with Crippen molar-refractivity contribution >= 4 is 34.7 Å². The molecular formula is C26H24N8O12. The second kappa shape index (κ2) is 18.7. The summed E-state index contributed by atoms with van der Waals surface area (Å²) in [7, 11) is 0. The predicted octanol–water partition coefficient (Wildman–Crippen LogP) is -0.620. The molecule has 20 nitrogen and oxygen atoms in total. The minimum Gasteiger partial charge on any atom is -0.545 e. The zero-order valence-electron chi connectivity index (χ0n) is 23.5. The maximum absolute atomic E-state index is 10.4. The number of non-ortho nitro benzene ring substituents is 4. The summed E-state index contributed by atoms with van der Waals surface area (Å²) in [5, 5.41) is 62.1. The Morgan fingerprint density at radius 1 is 0.522 bits per heavy atom. The molecule has 46 heavy (non-hydrogen) atoms. The normalized spacial score (nSPS) is 9.43. The van der Waals surface area contributed by atoms with Crippen LogP contribution < -0.4 is 21.7 Å². The van der Waals surface area contributed by atoms with Gasteiger partial charge in [0.25, 0.3) is 22.7 Å². The number of rotatable bonds is 8. The van der Waals surface area contributed by atoms with Gasteiger partial charge in [-0.2, -0.15) is 0 Å². The smallest absolute Gasteiger partial charge is 0.276 e. The topological polar surface area (TPSA) is 334 Å². The van der Waals surface area contributed by atoms with E-state index in [9.17, 15) is 60.3 Å². The molecule has 0 spiro atoms. The van der Waals surface area contributed by atoms with Gasteiger partial charge in [0.15, 0.2) is 0 Å². The Labute approximate surface area is 257 Å². The first-order chi connectivity index (χ1) is 21.7. The number of carbonyl (C=O) groups excluding carboxylic acids is 2. The van der Waals surface area contributed by atoms with E-state index in [0.29, 0.717) is 36.4 Å². The molecule has 0 amide bonds. The zero-order chi connectivity index (χ0) is 34.8. The Morgan fingerprint density at radius 3 is 0.913 bits per heavy atom. The van der Waals surface area contributed by atoms with E-state index in [4.69, 9.17) is 0 Å². The van der Waals surface area contributed by atoms with Crippen LogP contribution in [0.5, 0.6) is 0 Å². The molecule has 20 heteroatoms. The molecule has 0 radical (unpaired) electrons. The number of aromatic carboxylic acids is 2. The van der Waals surface area contributed by atoms with E-state index in [0.717, 1.165) is 13.1 Å². The number of pyridine rings is 2. The number of hydrogen-bond acceptors (Lipinski definition) is 14. The number of nitro groups is 4. The fourth-order valence-electron chi connectivity index (χ4n) is 2.95. The molecule has 0 atom stereocenters. The second-order valence-corrected chi connectivity index (χ2v) is 8.29. The maximum atomic E-state index is 10.4. The molecule has 2 aromatic heterocycles. The molecule has 0 fully saturated rings. The highest BCUT2D eigenvalue weighted by Crippen LogP contribution is 2.23. The first-order valence-corrected chi connectivity index (χ1v) is 12.4. The van der Waals surface area contributed by atoms with Crippen molar-refractivity contribution in [2.45, 2.75) is 13.1 Å². The molecular weight excluding hydrogens is 616 g/mol. The summed E-state index contributed by atoms with van der Waals surface area (Å²) >= 11 is 0. The van der Waals surface area contributed by atoms with Gasteiger partial charge in [-0.1, -0.05) is 0 Å². The number of carboxylic acid groups (broad SMARTS) is 2. The van der Waals surface area contributed by atoms with Crippen LogP contribution in [-0.2, 0) is 13.1 Å². The number of nitrogens with zero attached hydrogens (tertiary/aromatic N) is 6. The Bertz CT molecular complexity index is 1410. The van der Waals surface area contributed by atoms with Crippen LogP contribution in [0.15, 0.2) is 85.5 Å². The van der Waals surface area contributed by atoms with E-state index in [1.165, 1.54) is 11.1 Å². The van der Waals surface area contributed by atoms with E-state index in [-0.39, 0.29) is 0 Å². The van der Waals surface area contributed by atoms with Crippen LogP contribution >= 0.6 is 0 Å². The van der Waals surface area contributed by atoms with Crippen LogP contribution in [0.25, 0.3) is 0 Å². The van der Waals surface area contributed by atoms with Crippen LogP contribution in [0.2, 0.25) is 0 Å². The van der Waals surface area contributed by atoms with Gasteiger partial charge in [0, 0.05) is 71.3 Å². The summed E-state index contributed by atoms with van der Waals surface area (Å²) in [6.45, 7) is 1.70. The number of carboxylic acids is 2. The largest absolute Gasteiger partial charge is 0.545 e. The summed E-state index contributed by atoms with van der Waals surface area (Å²) in [4.78, 5) is 66.1. The predicted molar refractivity (Wildman–Crippen MR) is 150 cm³/mol. The monoisotopic (exact) mass is 640 g/mol. The highest BCUT2D eigenvalue weighted by molar-refractivity contribution is 5.88. The molecule has 2 heterocycles. The lowest BCUT2D eigenvalue weighted by atomic mass is 10.2. The van der Waals surface area contributed by atoms with Crippen molar-refractivity contribution in [1.29, 1.82) is 0 Å². The van der Waals surface area contributed by atoms with Gasteiger partial charge in [-0.05, 0) is 24.3 Å². The summed E-state index contributed by atoms with van der Waals surface area (Å²) in [6.07, 6.45) is 7.11. The van der Waals surface area contributed by atoms with Crippen LogP contribution in [-0.4, -0.2) is 41.6 Å². The van der Waals surface area contributed by atoms with Gasteiger partial charge in [0.05, 0.1) is 56.9 Å². The molecule has 0 saturated heterocycles. The number of nitro benzene ring substituents is 4. The van der Waals surface area contributed by atoms with Gasteiger partial charge in [0.1, 0.15) is 0 Å². The third-order valence-electron chi connectivity index (χ3n) is 5.20.